The van der Waals surface area contributed by atoms with Crippen molar-refractivity contribution >= 4 is 12.6 Å². The van der Waals surface area contributed by atoms with Gasteiger partial charge < -0.3 is 9.31 Å². The molecule has 0 spiro atoms. The molecular weight excluding hydrogens is 391 g/mol. The summed E-state index contributed by atoms with van der Waals surface area (Å²) in [5.74, 6) is 1.58. The molecule has 3 heteroatoms. The zero-order valence-electron chi connectivity index (χ0n) is 21.5. The molecule has 2 atom stereocenters. The molecule has 0 bridgehead atoms. The molecule has 2 aliphatic rings. The molecule has 2 nitrogen and oxygen atoms in total. The van der Waals surface area contributed by atoms with Crippen molar-refractivity contribution in [2.24, 2.45) is 5.92 Å². The lowest BCUT2D eigenvalue weighted by atomic mass is 9.72. The van der Waals surface area contributed by atoms with Gasteiger partial charge in [-0.15, -0.1) is 0 Å². The molecule has 0 amide bonds. The molecule has 2 fully saturated rings. The molecule has 1 saturated carbocycles. The maximum absolute atomic E-state index is 6.24. The van der Waals surface area contributed by atoms with Crippen molar-refractivity contribution < 1.29 is 9.31 Å². The van der Waals surface area contributed by atoms with E-state index < -0.39 is 0 Å². The maximum atomic E-state index is 6.24. The third-order valence-electron chi connectivity index (χ3n) is 8.14. The first-order valence-electron chi connectivity index (χ1n) is 13.4. The zero-order valence-corrected chi connectivity index (χ0v) is 21.5. The largest absolute Gasteiger partial charge is 0.494 e. The average Bonchev–Trinajstić information content (AvgIpc) is 3.00. The van der Waals surface area contributed by atoms with E-state index in [0.717, 1.165) is 17.3 Å². The maximum Gasteiger partial charge on any atom is 0.494 e. The Balaban J connectivity index is 1.48. The summed E-state index contributed by atoms with van der Waals surface area (Å²) in [4.78, 5) is 0. The molecule has 32 heavy (non-hydrogen) atoms. The minimum atomic E-state index is -0.282. The van der Waals surface area contributed by atoms with E-state index in [4.69, 9.17) is 9.31 Å². The molecule has 3 rings (SSSR count). The van der Waals surface area contributed by atoms with Gasteiger partial charge in [-0.1, -0.05) is 81.9 Å². The molecular formula is C29H47BO2. The van der Waals surface area contributed by atoms with E-state index in [2.05, 4.69) is 71.0 Å². The van der Waals surface area contributed by atoms with Crippen LogP contribution in [0.1, 0.15) is 123 Å². The highest BCUT2D eigenvalue weighted by molar-refractivity contribution is 6.62. The minimum Gasteiger partial charge on any atom is -0.399 e. The summed E-state index contributed by atoms with van der Waals surface area (Å²) in [5, 5.41) is 0. The Morgan fingerprint density at radius 1 is 0.844 bits per heavy atom. The van der Waals surface area contributed by atoms with Gasteiger partial charge in [-0.3, -0.25) is 0 Å². The quantitative estimate of drug-likeness (QED) is 0.198. The van der Waals surface area contributed by atoms with Crippen molar-refractivity contribution in [3.8, 4) is 0 Å². The van der Waals surface area contributed by atoms with Gasteiger partial charge in [-0.05, 0) is 89.1 Å². The second-order valence-electron chi connectivity index (χ2n) is 11.2. The third kappa shape index (κ3) is 6.73. The van der Waals surface area contributed by atoms with Crippen LogP contribution in [0.5, 0.6) is 0 Å². The van der Waals surface area contributed by atoms with Crippen LogP contribution in [0.2, 0.25) is 0 Å². The van der Waals surface area contributed by atoms with Crippen molar-refractivity contribution in [2.45, 2.75) is 129 Å². The van der Waals surface area contributed by atoms with Gasteiger partial charge in [-0.2, -0.15) is 0 Å². The van der Waals surface area contributed by atoms with Crippen molar-refractivity contribution in [1.29, 1.82) is 0 Å². The minimum absolute atomic E-state index is 0.257. The molecule has 0 aromatic heterocycles. The number of hydrogen-bond acceptors (Lipinski definition) is 2. The molecule has 2 unspecified atom stereocenters. The van der Waals surface area contributed by atoms with Gasteiger partial charge in [0.1, 0.15) is 0 Å². The topological polar surface area (TPSA) is 18.5 Å². The fraction of sp³-hybridized carbons (Fsp3) is 0.724. The molecule has 178 valence electrons. The number of allylic oxidation sites excluding steroid dienone is 2. The summed E-state index contributed by atoms with van der Waals surface area (Å²) >= 11 is 0. The Labute approximate surface area is 198 Å². The number of rotatable bonds is 11. The van der Waals surface area contributed by atoms with E-state index in [1.807, 2.05) is 0 Å². The van der Waals surface area contributed by atoms with Gasteiger partial charge in [0, 0.05) is 0 Å². The molecule has 1 saturated heterocycles. The van der Waals surface area contributed by atoms with Crippen LogP contribution < -0.4 is 5.46 Å². The van der Waals surface area contributed by atoms with E-state index in [0.29, 0.717) is 0 Å². The van der Waals surface area contributed by atoms with Crippen molar-refractivity contribution in [1.82, 2.24) is 0 Å². The van der Waals surface area contributed by atoms with Crippen molar-refractivity contribution in [3.63, 3.8) is 0 Å². The summed E-state index contributed by atoms with van der Waals surface area (Å²) in [6.45, 7) is 10.8. The SMILES string of the molecule is CCCCC=CCCCCCC1CCCCC1c1ccc(B2OC(C)(C)C(C)(C)O2)cc1. The monoisotopic (exact) mass is 438 g/mol. The molecule has 0 radical (unpaired) electrons. The van der Waals surface area contributed by atoms with Crippen LogP contribution in [-0.4, -0.2) is 18.3 Å². The number of benzene rings is 1. The Kier molecular flexibility index (Phi) is 9.50. The number of unbranched alkanes of at least 4 members (excludes halogenated alkanes) is 5. The lowest BCUT2D eigenvalue weighted by Gasteiger charge is -2.32. The van der Waals surface area contributed by atoms with E-state index in [9.17, 15) is 0 Å². The Hall–Kier alpha value is -1.06. The van der Waals surface area contributed by atoms with E-state index >= 15 is 0 Å². The summed E-state index contributed by atoms with van der Waals surface area (Å²) in [6, 6.07) is 9.19. The van der Waals surface area contributed by atoms with Crippen LogP contribution >= 0.6 is 0 Å². The van der Waals surface area contributed by atoms with Gasteiger partial charge >= 0.3 is 7.12 Å². The first kappa shape index (κ1) is 25.6. The highest BCUT2D eigenvalue weighted by atomic mass is 16.7. The normalized spacial score (nSPS) is 25.0. The highest BCUT2D eigenvalue weighted by Crippen LogP contribution is 2.41. The number of hydrogen-bond donors (Lipinski definition) is 0. The van der Waals surface area contributed by atoms with Crippen LogP contribution in [0, 0.1) is 5.92 Å². The van der Waals surface area contributed by atoms with Gasteiger partial charge in [0.2, 0.25) is 0 Å². The summed E-state index contributed by atoms with van der Waals surface area (Å²) in [6.07, 6.45) is 21.0. The van der Waals surface area contributed by atoms with Gasteiger partial charge in [0.15, 0.2) is 0 Å². The summed E-state index contributed by atoms with van der Waals surface area (Å²) in [7, 11) is -0.257. The van der Waals surface area contributed by atoms with E-state index in [1.165, 1.54) is 82.6 Å². The average molecular weight is 439 g/mol. The smallest absolute Gasteiger partial charge is 0.399 e. The molecule has 1 aromatic rings. The fourth-order valence-electron chi connectivity index (χ4n) is 5.27. The highest BCUT2D eigenvalue weighted by Gasteiger charge is 2.51. The van der Waals surface area contributed by atoms with Crippen LogP contribution in [-0.2, 0) is 9.31 Å². The van der Waals surface area contributed by atoms with Gasteiger partial charge in [-0.25, -0.2) is 0 Å². The standard InChI is InChI=1S/C29H47BO2/c1-6-7-8-9-10-11-12-13-14-17-24-18-15-16-19-27(24)25-20-22-26(23-21-25)30-31-28(2,3)29(4,5)32-30/h9-10,20-24,27H,6-8,11-19H2,1-5H3. The summed E-state index contributed by atoms with van der Waals surface area (Å²) < 4.78 is 12.5. The fourth-order valence-corrected chi connectivity index (χ4v) is 5.27. The second kappa shape index (κ2) is 11.9. The predicted octanol–water partition coefficient (Wildman–Crippen LogP) is 7.96. The first-order chi connectivity index (χ1) is 15.3. The Bertz CT molecular complexity index is 690. The van der Waals surface area contributed by atoms with Crippen LogP contribution in [0.15, 0.2) is 36.4 Å². The van der Waals surface area contributed by atoms with Crippen molar-refractivity contribution in [2.75, 3.05) is 0 Å². The second-order valence-corrected chi connectivity index (χ2v) is 11.2. The molecule has 0 N–H and O–H groups in total. The molecule has 1 aliphatic carbocycles. The Morgan fingerprint density at radius 3 is 2.12 bits per heavy atom. The van der Waals surface area contributed by atoms with E-state index in [-0.39, 0.29) is 18.3 Å². The molecule has 1 aromatic carbocycles. The van der Waals surface area contributed by atoms with Crippen LogP contribution in [0.4, 0.5) is 0 Å². The predicted molar refractivity (Wildman–Crippen MR) is 139 cm³/mol. The lowest BCUT2D eigenvalue weighted by molar-refractivity contribution is 0.00578. The molecule has 1 aliphatic heterocycles. The van der Waals surface area contributed by atoms with Gasteiger partial charge in [0.25, 0.3) is 0 Å². The Morgan fingerprint density at radius 2 is 1.47 bits per heavy atom. The zero-order chi connectivity index (χ0) is 23.0. The van der Waals surface area contributed by atoms with E-state index in [1.54, 1.807) is 0 Å². The molecule has 1 heterocycles. The van der Waals surface area contributed by atoms with Crippen molar-refractivity contribution in [3.05, 3.63) is 42.0 Å². The summed E-state index contributed by atoms with van der Waals surface area (Å²) in [5.41, 5.74) is 2.10. The van der Waals surface area contributed by atoms with Gasteiger partial charge in [0.05, 0.1) is 11.2 Å². The lowest BCUT2D eigenvalue weighted by Crippen LogP contribution is -2.41. The first-order valence-corrected chi connectivity index (χ1v) is 13.4. The van der Waals surface area contributed by atoms with Crippen LogP contribution in [0.3, 0.4) is 0 Å². The third-order valence-corrected chi connectivity index (χ3v) is 8.14. The van der Waals surface area contributed by atoms with Crippen LogP contribution in [0.25, 0.3) is 0 Å².